The number of nitro groups is 1. The highest BCUT2D eigenvalue weighted by Gasteiger charge is 2.18. The van der Waals surface area contributed by atoms with Crippen LogP contribution in [0, 0.1) is 10.1 Å². The van der Waals surface area contributed by atoms with Crippen molar-refractivity contribution in [1.82, 2.24) is 0 Å². The van der Waals surface area contributed by atoms with Gasteiger partial charge in [-0.05, 0) is 12.1 Å². The van der Waals surface area contributed by atoms with Crippen molar-refractivity contribution < 1.29 is 10.0 Å². The van der Waals surface area contributed by atoms with Crippen LogP contribution in [0.2, 0.25) is 5.02 Å². The van der Waals surface area contributed by atoms with Gasteiger partial charge in [-0.3, -0.25) is 10.1 Å². The third kappa shape index (κ3) is 2.20. The highest BCUT2D eigenvalue weighted by atomic mass is 35.5. The number of nitrogens with two attached hydrogens (primary N) is 1. The molecule has 1 aromatic carbocycles. The summed E-state index contributed by atoms with van der Waals surface area (Å²) in [6, 6.07) is 3.40. The minimum atomic E-state index is -0.757. The molecule has 0 radical (unpaired) electrons. The lowest BCUT2D eigenvalue weighted by atomic mass is 10.1. The zero-order chi connectivity index (χ0) is 10.7. The molecule has 0 spiro atoms. The lowest BCUT2D eigenvalue weighted by Crippen LogP contribution is -2.16. The van der Waals surface area contributed by atoms with Crippen molar-refractivity contribution in [3.8, 4) is 0 Å². The van der Waals surface area contributed by atoms with Gasteiger partial charge in [0.15, 0.2) is 0 Å². The van der Waals surface area contributed by atoms with Crippen LogP contribution in [-0.2, 0) is 0 Å². The molecule has 0 heterocycles. The first kappa shape index (κ1) is 10.9. The average molecular weight is 217 g/mol. The fourth-order valence-electron chi connectivity index (χ4n) is 1.09. The first-order valence-electron chi connectivity index (χ1n) is 3.86. The summed E-state index contributed by atoms with van der Waals surface area (Å²) in [5, 5.41) is 19.7. The summed E-state index contributed by atoms with van der Waals surface area (Å²) >= 11 is 5.60. The summed E-state index contributed by atoms with van der Waals surface area (Å²) in [7, 11) is 0. The number of rotatable bonds is 3. The molecule has 0 bridgehead atoms. The van der Waals surface area contributed by atoms with Crippen LogP contribution in [0.1, 0.15) is 11.6 Å². The molecule has 0 aliphatic heterocycles. The van der Waals surface area contributed by atoms with Crippen molar-refractivity contribution in [3.05, 3.63) is 38.9 Å². The molecule has 3 N–H and O–H groups in total. The van der Waals surface area contributed by atoms with E-state index in [2.05, 4.69) is 0 Å². The SMILES string of the molecule is N[C@H](CO)c1ccc(Cl)cc1[N+](=O)[O-]. The fourth-order valence-corrected chi connectivity index (χ4v) is 1.25. The van der Waals surface area contributed by atoms with Gasteiger partial charge in [-0.25, -0.2) is 0 Å². The minimum Gasteiger partial charge on any atom is -0.394 e. The average Bonchev–Trinajstić information content (AvgIpc) is 2.16. The van der Waals surface area contributed by atoms with Crippen molar-refractivity contribution >= 4 is 17.3 Å². The second-order valence-corrected chi connectivity index (χ2v) is 3.19. The van der Waals surface area contributed by atoms with E-state index in [1.807, 2.05) is 0 Å². The van der Waals surface area contributed by atoms with E-state index in [-0.39, 0.29) is 22.9 Å². The van der Waals surface area contributed by atoms with E-state index in [0.29, 0.717) is 0 Å². The summed E-state index contributed by atoms with van der Waals surface area (Å²) in [5.74, 6) is 0. The molecule has 0 amide bonds. The maximum absolute atomic E-state index is 10.6. The Hall–Kier alpha value is -1.17. The molecular formula is C8H9ClN2O3. The van der Waals surface area contributed by atoms with Gasteiger partial charge in [0, 0.05) is 16.7 Å². The van der Waals surface area contributed by atoms with E-state index in [1.54, 1.807) is 0 Å². The van der Waals surface area contributed by atoms with Gasteiger partial charge in [-0.2, -0.15) is 0 Å². The van der Waals surface area contributed by atoms with Gasteiger partial charge in [-0.15, -0.1) is 0 Å². The second-order valence-electron chi connectivity index (χ2n) is 2.75. The topological polar surface area (TPSA) is 89.4 Å². The summed E-state index contributed by atoms with van der Waals surface area (Å²) < 4.78 is 0. The molecule has 6 heteroatoms. The molecule has 0 saturated heterocycles. The standard InChI is InChI=1S/C8H9ClN2O3/c9-5-1-2-6(7(10)4-12)8(3-5)11(13)14/h1-3,7,12H,4,10H2/t7-/m1/s1. The fraction of sp³-hybridized carbons (Fsp3) is 0.250. The Kier molecular flexibility index (Phi) is 3.40. The van der Waals surface area contributed by atoms with Gasteiger partial charge in [-0.1, -0.05) is 11.6 Å². The Labute approximate surface area is 85.3 Å². The smallest absolute Gasteiger partial charge is 0.275 e. The minimum absolute atomic E-state index is 0.168. The molecule has 76 valence electrons. The third-order valence-corrected chi connectivity index (χ3v) is 2.02. The van der Waals surface area contributed by atoms with Gasteiger partial charge >= 0.3 is 0 Å². The molecule has 0 fully saturated rings. The van der Waals surface area contributed by atoms with Crippen LogP contribution in [-0.4, -0.2) is 16.6 Å². The molecule has 0 aromatic heterocycles. The van der Waals surface area contributed by atoms with Crippen molar-refractivity contribution in [1.29, 1.82) is 0 Å². The highest BCUT2D eigenvalue weighted by molar-refractivity contribution is 6.30. The van der Waals surface area contributed by atoms with Gasteiger partial charge < -0.3 is 10.8 Å². The zero-order valence-electron chi connectivity index (χ0n) is 7.18. The number of hydrogen-bond donors (Lipinski definition) is 2. The van der Waals surface area contributed by atoms with Crippen LogP contribution in [0.4, 0.5) is 5.69 Å². The first-order valence-corrected chi connectivity index (χ1v) is 4.24. The lowest BCUT2D eigenvalue weighted by Gasteiger charge is -2.08. The van der Waals surface area contributed by atoms with Crippen LogP contribution in [0.25, 0.3) is 0 Å². The predicted molar refractivity (Wildman–Crippen MR) is 52.1 cm³/mol. The molecule has 1 atom stereocenters. The van der Waals surface area contributed by atoms with Crippen molar-refractivity contribution in [3.63, 3.8) is 0 Å². The van der Waals surface area contributed by atoms with Crippen LogP contribution in [0.3, 0.4) is 0 Å². The lowest BCUT2D eigenvalue weighted by molar-refractivity contribution is -0.385. The second kappa shape index (κ2) is 4.36. The Bertz CT molecular complexity index is 356. The van der Waals surface area contributed by atoms with Gasteiger partial charge in [0.2, 0.25) is 0 Å². The van der Waals surface area contributed by atoms with Gasteiger partial charge in [0.05, 0.1) is 17.6 Å². The largest absolute Gasteiger partial charge is 0.394 e. The highest BCUT2D eigenvalue weighted by Crippen LogP contribution is 2.26. The van der Waals surface area contributed by atoms with E-state index in [0.717, 1.165) is 0 Å². The number of nitrogens with zero attached hydrogens (tertiary/aromatic N) is 1. The molecule has 0 unspecified atom stereocenters. The number of halogens is 1. The van der Waals surface area contributed by atoms with Crippen molar-refractivity contribution in [2.45, 2.75) is 6.04 Å². The van der Waals surface area contributed by atoms with Gasteiger partial charge in [0.1, 0.15) is 0 Å². The molecular weight excluding hydrogens is 208 g/mol. The molecule has 0 aliphatic rings. The summed E-state index contributed by atoms with van der Waals surface area (Å²) in [6.07, 6.45) is 0. The number of benzene rings is 1. The normalized spacial score (nSPS) is 12.5. The van der Waals surface area contributed by atoms with Crippen molar-refractivity contribution in [2.75, 3.05) is 6.61 Å². The number of nitro benzene ring substituents is 1. The molecule has 14 heavy (non-hydrogen) atoms. The van der Waals surface area contributed by atoms with E-state index in [9.17, 15) is 10.1 Å². The zero-order valence-corrected chi connectivity index (χ0v) is 7.94. The Balaban J connectivity index is 3.21. The Morgan fingerprint density at radius 1 is 1.64 bits per heavy atom. The van der Waals surface area contributed by atoms with Crippen LogP contribution >= 0.6 is 11.6 Å². The molecule has 1 rings (SSSR count). The molecule has 0 aliphatic carbocycles. The molecule has 1 aromatic rings. The Morgan fingerprint density at radius 3 is 2.79 bits per heavy atom. The van der Waals surface area contributed by atoms with E-state index >= 15 is 0 Å². The van der Waals surface area contributed by atoms with E-state index in [1.165, 1.54) is 18.2 Å². The van der Waals surface area contributed by atoms with E-state index < -0.39 is 11.0 Å². The summed E-state index contributed by atoms with van der Waals surface area (Å²) in [4.78, 5) is 10.0. The maximum Gasteiger partial charge on any atom is 0.275 e. The van der Waals surface area contributed by atoms with Gasteiger partial charge in [0.25, 0.3) is 5.69 Å². The maximum atomic E-state index is 10.6. The van der Waals surface area contributed by atoms with E-state index in [4.69, 9.17) is 22.4 Å². The summed E-state index contributed by atoms with van der Waals surface area (Å²) in [5.41, 5.74) is 5.60. The predicted octanol–water partition coefficient (Wildman–Crippen LogP) is 1.24. The Morgan fingerprint density at radius 2 is 2.29 bits per heavy atom. The third-order valence-electron chi connectivity index (χ3n) is 1.79. The molecule has 5 nitrogen and oxygen atoms in total. The van der Waals surface area contributed by atoms with Crippen LogP contribution in [0.15, 0.2) is 18.2 Å². The number of hydrogen-bond acceptors (Lipinski definition) is 4. The van der Waals surface area contributed by atoms with Crippen LogP contribution in [0.5, 0.6) is 0 Å². The van der Waals surface area contributed by atoms with Crippen molar-refractivity contribution in [2.24, 2.45) is 5.73 Å². The monoisotopic (exact) mass is 216 g/mol. The first-order chi connectivity index (χ1) is 6.56. The number of aliphatic hydroxyl groups is 1. The quantitative estimate of drug-likeness (QED) is 0.588. The van der Waals surface area contributed by atoms with Crippen LogP contribution < -0.4 is 5.73 Å². The number of aliphatic hydroxyl groups excluding tert-OH is 1. The summed E-state index contributed by atoms with van der Waals surface area (Å²) in [6.45, 7) is -0.345. The molecule has 0 saturated carbocycles.